The maximum absolute atomic E-state index is 13.1. The minimum absolute atomic E-state index is 0.237. The van der Waals surface area contributed by atoms with E-state index < -0.39 is 0 Å². The zero-order valence-corrected chi connectivity index (χ0v) is 16.3. The van der Waals surface area contributed by atoms with E-state index in [4.69, 9.17) is 11.6 Å². The number of carbonyl (C=O) groups is 1. The molecule has 0 fully saturated rings. The summed E-state index contributed by atoms with van der Waals surface area (Å²) in [4.78, 5) is 14.8. The van der Waals surface area contributed by atoms with Gasteiger partial charge in [0.05, 0.1) is 6.54 Å². The molecule has 0 unspecified atom stereocenters. The van der Waals surface area contributed by atoms with Crippen LogP contribution in [0.15, 0.2) is 54.6 Å². The lowest BCUT2D eigenvalue weighted by atomic mass is 10.2. The Kier molecular flexibility index (Phi) is 5.58. The van der Waals surface area contributed by atoms with Gasteiger partial charge in [-0.1, -0.05) is 42.3 Å². The second-order valence-electron chi connectivity index (χ2n) is 6.86. The fourth-order valence-electron chi connectivity index (χ4n) is 3.44. The average molecular weight is 396 g/mol. The van der Waals surface area contributed by atoms with Crippen LogP contribution in [0.5, 0.6) is 0 Å². The number of para-hydroxylation sites is 1. The van der Waals surface area contributed by atoms with Crippen LogP contribution < -0.4 is 10.2 Å². The van der Waals surface area contributed by atoms with Crippen LogP contribution in [-0.4, -0.2) is 20.8 Å². The molecular formula is C21H22ClN5O. The van der Waals surface area contributed by atoms with E-state index in [2.05, 4.69) is 20.1 Å². The first-order valence-electron chi connectivity index (χ1n) is 9.51. The SMILES string of the molecule is O=C(Nc1ccccc1)N(Cc1nnc2n1CCCCC2)c1cccc(Cl)c1. The molecule has 28 heavy (non-hydrogen) atoms. The summed E-state index contributed by atoms with van der Waals surface area (Å²) in [6, 6.07) is 16.5. The molecule has 6 nitrogen and oxygen atoms in total. The average Bonchev–Trinajstić information content (AvgIpc) is 2.92. The number of urea groups is 1. The molecule has 2 amide bonds. The summed E-state index contributed by atoms with van der Waals surface area (Å²) >= 11 is 6.18. The minimum Gasteiger partial charge on any atom is -0.313 e. The number of hydrogen-bond donors (Lipinski definition) is 1. The molecule has 2 aromatic carbocycles. The number of rotatable bonds is 4. The summed E-state index contributed by atoms with van der Waals surface area (Å²) in [6.45, 7) is 1.22. The van der Waals surface area contributed by atoms with Crippen molar-refractivity contribution < 1.29 is 4.79 Å². The first kappa shape index (κ1) is 18.5. The highest BCUT2D eigenvalue weighted by Gasteiger charge is 2.22. The molecule has 1 aliphatic rings. The van der Waals surface area contributed by atoms with E-state index >= 15 is 0 Å². The molecule has 0 saturated carbocycles. The van der Waals surface area contributed by atoms with E-state index in [1.54, 1.807) is 17.0 Å². The van der Waals surface area contributed by atoms with Gasteiger partial charge in [0, 0.05) is 29.4 Å². The van der Waals surface area contributed by atoms with Crippen LogP contribution in [0.3, 0.4) is 0 Å². The number of benzene rings is 2. The summed E-state index contributed by atoms with van der Waals surface area (Å²) in [6.07, 6.45) is 4.35. The number of amides is 2. The lowest BCUT2D eigenvalue weighted by Crippen LogP contribution is -2.35. The second-order valence-corrected chi connectivity index (χ2v) is 7.29. The number of anilines is 2. The summed E-state index contributed by atoms with van der Waals surface area (Å²) < 4.78 is 2.15. The maximum atomic E-state index is 13.1. The van der Waals surface area contributed by atoms with Crippen LogP contribution in [-0.2, 0) is 19.5 Å². The molecule has 144 valence electrons. The van der Waals surface area contributed by atoms with Gasteiger partial charge in [-0.3, -0.25) is 4.90 Å². The van der Waals surface area contributed by atoms with Gasteiger partial charge in [0.25, 0.3) is 0 Å². The van der Waals surface area contributed by atoms with Gasteiger partial charge < -0.3 is 9.88 Å². The van der Waals surface area contributed by atoms with E-state index in [9.17, 15) is 4.79 Å². The number of aryl methyl sites for hydroxylation is 1. The molecule has 1 aromatic heterocycles. The molecular weight excluding hydrogens is 374 g/mol. The van der Waals surface area contributed by atoms with Gasteiger partial charge in [-0.15, -0.1) is 10.2 Å². The summed E-state index contributed by atoms with van der Waals surface area (Å²) in [5, 5.41) is 12.3. The highest BCUT2D eigenvalue weighted by molar-refractivity contribution is 6.31. The first-order valence-corrected chi connectivity index (χ1v) is 9.88. The Morgan fingerprint density at radius 2 is 1.93 bits per heavy atom. The zero-order chi connectivity index (χ0) is 19.3. The number of carbonyl (C=O) groups excluding carboxylic acids is 1. The molecule has 7 heteroatoms. The third kappa shape index (κ3) is 4.17. The number of halogens is 1. The van der Waals surface area contributed by atoms with Gasteiger partial charge in [-0.2, -0.15) is 0 Å². The first-order chi connectivity index (χ1) is 13.7. The van der Waals surface area contributed by atoms with Gasteiger partial charge in [0.1, 0.15) is 5.82 Å². The number of hydrogen-bond acceptors (Lipinski definition) is 3. The third-order valence-electron chi connectivity index (χ3n) is 4.88. The Hall–Kier alpha value is -2.86. The Bertz CT molecular complexity index is 956. The standard InChI is InChI=1S/C21H22ClN5O/c22-16-8-7-11-18(14-16)27(21(28)23-17-9-3-1-4-10-17)15-20-25-24-19-12-5-2-6-13-26(19)20/h1,3-4,7-11,14H,2,5-6,12-13,15H2,(H,23,28). The van der Waals surface area contributed by atoms with Gasteiger partial charge >= 0.3 is 6.03 Å². The molecule has 1 N–H and O–H groups in total. The van der Waals surface area contributed by atoms with Crippen LogP contribution in [0, 0.1) is 0 Å². The predicted molar refractivity (Wildman–Crippen MR) is 111 cm³/mol. The van der Waals surface area contributed by atoms with Crippen molar-refractivity contribution in [1.29, 1.82) is 0 Å². The van der Waals surface area contributed by atoms with Crippen LogP contribution >= 0.6 is 11.6 Å². The quantitative estimate of drug-likeness (QED) is 0.683. The van der Waals surface area contributed by atoms with Crippen molar-refractivity contribution in [3.05, 3.63) is 71.3 Å². The van der Waals surface area contributed by atoms with Crippen molar-refractivity contribution in [2.75, 3.05) is 10.2 Å². The normalized spacial score (nSPS) is 13.5. The van der Waals surface area contributed by atoms with Gasteiger partial charge in [-0.25, -0.2) is 4.79 Å². The Labute approximate surface area is 169 Å². The number of nitrogens with one attached hydrogen (secondary N) is 1. The molecule has 0 radical (unpaired) electrons. The van der Waals surface area contributed by atoms with E-state index in [0.717, 1.165) is 43.1 Å². The molecule has 0 bridgehead atoms. The molecule has 0 aliphatic carbocycles. The summed E-state index contributed by atoms with van der Waals surface area (Å²) in [5.41, 5.74) is 1.45. The lowest BCUT2D eigenvalue weighted by molar-refractivity contribution is 0.256. The number of nitrogens with zero attached hydrogens (tertiary/aromatic N) is 4. The molecule has 0 saturated heterocycles. The van der Waals surface area contributed by atoms with E-state index in [1.165, 1.54) is 6.42 Å². The fourth-order valence-corrected chi connectivity index (χ4v) is 3.62. The van der Waals surface area contributed by atoms with Crippen molar-refractivity contribution in [2.24, 2.45) is 0 Å². The van der Waals surface area contributed by atoms with Gasteiger partial charge in [0.2, 0.25) is 0 Å². The highest BCUT2D eigenvalue weighted by Crippen LogP contribution is 2.23. The monoisotopic (exact) mass is 395 g/mol. The minimum atomic E-state index is -0.237. The largest absolute Gasteiger partial charge is 0.326 e. The third-order valence-corrected chi connectivity index (χ3v) is 5.11. The molecule has 0 spiro atoms. The van der Waals surface area contributed by atoms with Crippen molar-refractivity contribution >= 4 is 29.0 Å². The summed E-state index contributed by atoms with van der Waals surface area (Å²) in [5.74, 6) is 1.79. The maximum Gasteiger partial charge on any atom is 0.326 e. The highest BCUT2D eigenvalue weighted by atomic mass is 35.5. The Morgan fingerprint density at radius 1 is 1.07 bits per heavy atom. The number of fused-ring (bicyclic) bond motifs is 1. The number of aromatic nitrogens is 3. The van der Waals surface area contributed by atoms with Crippen LogP contribution in [0.2, 0.25) is 5.02 Å². The molecule has 0 atom stereocenters. The summed E-state index contributed by atoms with van der Waals surface area (Å²) in [7, 11) is 0. The van der Waals surface area contributed by atoms with Gasteiger partial charge in [0.15, 0.2) is 5.82 Å². The lowest BCUT2D eigenvalue weighted by Gasteiger charge is -2.23. The van der Waals surface area contributed by atoms with Gasteiger partial charge in [-0.05, 0) is 43.2 Å². The van der Waals surface area contributed by atoms with Crippen molar-refractivity contribution in [1.82, 2.24) is 14.8 Å². The predicted octanol–water partition coefficient (Wildman–Crippen LogP) is 4.90. The molecule has 1 aliphatic heterocycles. The van der Waals surface area contributed by atoms with E-state index in [1.807, 2.05) is 42.5 Å². The Balaban J connectivity index is 1.64. The molecule has 4 rings (SSSR count). The van der Waals surface area contributed by atoms with Crippen LogP contribution in [0.25, 0.3) is 0 Å². The molecule has 2 heterocycles. The van der Waals surface area contributed by atoms with E-state index in [0.29, 0.717) is 17.3 Å². The van der Waals surface area contributed by atoms with Crippen molar-refractivity contribution in [3.8, 4) is 0 Å². The van der Waals surface area contributed by atoms with Crippen LogP contribution in [0.1, 0.15) is 30.9 Å². The fraction of sp³-hybridized carbons (Fsp3) is 0.286. The Morgan fingerprint density at radius 3 is 2.75 bits per heavy atom. The smallest absolute Gasteiger partial charge is 0.313 e. The second kappa shape index (κ2) is 8.44. The molecule has 3 aromatic rings. The van der Waals surface area contributed by atoms with Crippen molar-refractivity contribution in [2.45, 2.75) is 38.8 Å². The van der Waals surface area contributed by atoms with E-state index in [-0.39, 0.29) is 6.03 Å². The topological polar surface area (TPSA) is 63.1 Å². The zero-order valence-electron chi connectivity index (χ0n) is 15.5. The van der Waals surface area contributed by atoms with Crippen molar-refractivity contribution in [3.63, 3.8) is 0 Å². The van der Waals surface area contributed by atoms with Crippen LogP contribution in [0.4, 0.5) is 16.2 Å².